The molecule has 0 spiro atoms. The molecule has 4 heteroatoms. The van der Waals surface area contributed by atoms with Crippen LogP contribution in [0.25, 0.3) is 0 Å². The minimum atomic E-state index is 0.302. The fourth-order valence-electron chi connectivity index (χ4n) is 2.14. The third kappa shape index (κ3) is 4.59. The number of nitrogens with one attached hydrogen (secondary N) is 1. The topological polar surface area (TPSA) is 34.1 Å². The van der Waals surface area contributed by atoms with Crippen LogP contribution in [0.2, 0.25) is 0 Å². The number of ether oxygens (including phenoxy) is 1. The zero-order chi connectivity index (χ0) is 15.1. The van der Waals surface area contributed by atoms with Crippen molar-refractivity contribution in [3.8, 4) is 18.1 Å². The van der Waals surface area contributed by atoms with Crippen LogP contribution in [0.4, 0.5) is 0 Å². The first kappa shape index (κ1) is 15.6. The molecule has 1 heterocycles. The van der Waals surface area contributed by atoms with Gasteiger partial charge in [-0.2, -0.15) is 0 Å². The van der Waals surface area contributed by atoms with Gasteiger partial charge in [0.25, 0.3) is 0 Å². The van der Waals surface area contributed by atoms with Crippen molar-refractivity contribution in [2.75, 3.05) is 13.2 Å². The molecule has 1 N–H and O–H groups in total. The van der Waals surface area contributed by atoms with Gasteiger partial charge in [-0.05, 0) is 26.3 Å². The summed E-state index contributed by atoms with van der Waals surface area (Å²) in [5, 5.41) is 4.59. The number of nitrogens with zero attached hydrogens (tertiary/aromatic N) is 1. The summed E-state index contributed by atoms with van der Waals surface area (Å²) < 4.78 is 5.54. The monoisotopic (exact) mass is 300 g/mol. The van der Waals surface area contributed by atoms with Crippen molar-refractivity contribution in [1.82, 2.24) is 10.3 Å². The van der Waals surface area contributed by atoms with Crippen LogP contribution in [0.5, 0.6) is 5.75 Å². The van der Waals surface area contributed by atoms with Gasteiger partial charge in [-0.25, -0.2) is 4.98 Å². The standard InChI is InChI=1S/C17H20N2OS/c1-4-11-20-16-8-6-5-7-15(16)12-18-10-9-17-13(2)19-14(3)21-17/h1,5-8,18H,9-12H2,2-3H3. The highest BCUT2D eigenvalue weighted by Gasteiger charge is 2.05. The van der Waals surface area contributed by atoms with Gasteiger partial charge in [0, 0.05) is 23.5 Å². The summed E-state index contributed by atoms with van der Waals surface area (Å²) in [6, 6.07) is 7.97. The molecule has 0 aliphatic heterocycles. The third-order valence-electron chi connectivity index (χ3n) is 3.13. The fourth-order valence-corrected chi connectivity index (χ4v) is 3.08. The van der Waals surface area contributed by atoms with Gasteiger partial charge in [-0.1, -0.05) is 24.1 Å². The highest BCUT2D eigenvalue weighted by molar-refractivity contribution is 7.11. The maximum absolute atomic E-state index is 5.54. The fraction of sp³-hybridized carbons (Fsp3) is 0.353. The molecular formula is C17H20N2OS. The van der Waals surface area contributed by atoms with E-state index in [-0.39, 0.29) is 0 Å². The average molecular weight is 300 g/mol. The summed E-state index contributed by atoms with van der Waals surface area (Å²) >= 11 is 1.78. The number of para-hydroxylation sites is 1. The van der Waals surface area contributed by atoms with E-state index >= 15 is 0 Å². The maximum Gasteiger partial charge on any atom is 0.148 e. The van der Waals surface area contributed by atoms with Crippen LogP contribution in [0.15, 0.2) is 24.3 Å². The number of hydrogen-bond donors (Lipinski definition) is 1. The molecule has 0 saturated carbocycles. The normalized spacial score (nSPS) is 10.3. The van der Waals surface area contributed by atoms with Gasteiger partial charge in [-0.15, -0.1) is 17.8 Å². The Labute approximate surface area is 130 Å². The minimum Gasteiger partial charge on any atom is -0.481 e. The van der Waals surface area contributed by atoms with Crippen LogP contribution < -0.4 is 10.1 Å². The average Bonchev–Trinajstić information content (AvgIpc) is 2.80. The summed E-state index contributed by atoms with van der Waals surface area (Å²) in [6.45, 7) is 6.12. The summed E-state index contributed by atoms with van der Waals surface area (Å²) in [5.41, 5.74) is 2.28. The molecule has 0 unspecified atom stereocenters. The molecule has 110 valence electrons. The molecule has 0 aliphatic rings. The Hall–Kier alpha value is -1.83. The molecule has 0 bridgehead atoms. The Balaban J connectivity index is 1.83. The lowest BCUT2D eigenvalue weighted by atomic mass is 10.2. The number of benzene rings is 1. The van der Waals surface area contributed by atoms with Gasteiger partial charge in [0.05, 0.1) is 10.7 Å². The van der Waals surface area contributed by atoms with E-state index in [1.165, 1.54) is 4.88 Å². The second kappa shape index (κ2) is 7.82. The Morgan fingerprint density at radius 3 is 2.86 bits per heavy atom. The van der Waals surface area contributed by atoms with Gasteiger partial charge in [0.15, 0.2) is 0 Å². The quantitative estimate of drug-likeness (QED) is 0.630. The Kier molecular flexibility index (Phi) is 5.79. The molecular weight excluding hydrogens is 280 g/mol. The minimum absolute atomic E-state index is 0.302. The van der Waals surface area contributed by atoms with Crippen LogP contribution in [0.3, 0.4) is 0 Å². The first-order chi connectivity index (χ1) is 10.2. The molecule has 0 fully saturated rings. The number of hydrogen-bond acceptors (Lipinski definition) is 4. The van der Waals surface area contributed by atoms with E-state index in [1.807, 2.05) is 25.1 Å². The van der Waals surface area contributed by atoms with Gasteiger partial charge >= 0.3 is 0 Å². The van der Waals surface area contributed by atoms with E-state index in [1.54, 1.807) is 11.3 Å². The van der Waals surface area contributed by atoms with Gasteiger partial charge in [-0.3, -0.25) is 0 Å². The Bertz CT molecular complexity index is 628. The second-order valence-electron chi connectivity index (χ2n) is 4.77. The van der Waals surface area contributed by atoms with Crippen molar-refractivity contribution in [3.63, 3.8) is 0 Å². The molecule has 0 aliphatic carbocycles. The molecule has 0 amide bonds. The largest absolute Gasteiger partial charge is 0.481 e. The van der Waals surface area contributed by atoms with Gasteiger partial charge < -0.3 is 10.1 Å². The summed E-state index contributed by atoms with van der Waals surface area (Å²) in [5.74, 6) is 3.35. The lowest BCUT2D eigenvalue weighted by molar-refractivity contribution is 0.365. The third-order valence-corrected chi connectivity index (χ3v) is 4.26. The first-order valence-electron chi connectivity index (χ1n) is 6.98. The summed E-state index contributed by atoms with van der Waals surface area (Å²) in [7, 11) is 0. The van der Waals surface area contributed by atoms with E-state index in [9.17, 15) is 0 Å². The molecule has 1 aromatic carbocycles. The van der Waals surface area contributed by atoms with E-state index in [4.69, 9.17) is 11.2 Å². The number of terminal acetylenes is 1. The van der Waals surface area contributed by atoms with E-state index in [0.717, 1.165) is 41.5 Å². The lowest BCUT2D eigenvalue weighted by Gasteiger charge is -2.10. The van der Waals surface area contributed by atoms with Crippen LogP contribution in [0.1, 0.15) is 21.1 Å². The van der Waals surface area contributed by atoms with Crippen LogP contribution in [0, 0.1) is 26.2 Å². The van der Waals surface area contributed by atoms with E-state index < -0.39 is 0 Å². The van der Waals surface area contributed by atoms with Crippen LogP contribution in [-0.2, 0) is 13.0 Å². The van der Waals surface area contributed by atoms with E-state index in [2.05, 4.69) is 29.2 Å². The number of aromatic nitrogens is 1. The zero-order valence-electron chi connectivity index (χ0n) is 12.5. The smallest absolute Gasteiger partial charge is 0.148 e. The first-order valence-corrected chi connectivity index (χ1v) is 7.80. The predicted molar refractivity (Wildman–Crippen MR) is 87.8 cm³/mol. The van der Waals surface area contributed by atoms with Crippen molar-refractivity contribution in [2.45, 2.75) is 26.8 Å². The molecule has 2 rings (SSSR count). The Morgan fingerprint density at radius 1 is 1.33 bits per heavy atom. The molecule has 0 saturated heterocycles. The number of aryl methyl sites for hydroxylation is 2. The molecule has 21 heavy (non-hydrogen) atoms. The van der Waals surface area contributed by atoms with Crippen molar-refractivity contribution in [1.29, 1.82) is 0 Å². The zero-order valence-corrected chi connectivity index (χ0v) is 13.3. The van der Waals surface area contributed by atoms with Gasteiger partial charge in [0.1, 0.15) is 12.4 Å². The van der Waals surface area contributed by atoms with Crippen LogP contribution in [-0.4, -0.2) is 18.1 Å². The van der Waals surface area contributed by atoms with Crippen LogP contribution >= 0.6 is 11.3 Å². The maximum atomic E-state index is 5.54. The molecule has 2 aromatic rings. The van der Waals surface area contributed by atoms with Crippen molar-refractivity contribution < 1.29 is 4.74 Å². The van der Waals surface area contributed by atoms with Crippen molar-refractivity contribution in [2.24, 2.45) is 0 Å². The predicted octanol–water partition coefficient (Wildman–Crippen LogP) is 3.10. The summed E-state index contributed by atoms with van der Waals surface area (Å²) in [6.07, 6.45) is 6.24. The van der Waals surface area contributed by atoms with E-state index in [0.29, 0.717) is 6.61 Å². The van der Waals surface area contributed by atoms with Gasteiger partial charge in [0.2, 0.25) is 0 Å². The molecule has 0 radical (unpaired) electrons. The summed E-state index contributed by atoms with van der Waals surface area (Å²) in [4.78, 5) is 5.81. The molecule has 1 aromatic heterocycles. The lowest BCUT2D eigenvalue weighted by Crippen LogP contribution is -2.17. The molecule has 0 atom stereocenters. The number of thiazole rings is 1. The van der Waals surface area contributed by atoms with Crippen molar-refractivity contribution >= 4 is 11.3 Å². The SMILES string of the molecule is C#CCOc1ccccc1CNCCc1sc(C)nc1C. The number of rotatable bonds is 7. The second-order valence-corrected chi connectivity index (χ2v) is 6.06. The highest BCUT2D eigenvalue weighted by atomic mass is 32.1. The molecule has 3 nitrogen and oxygen atoms in total. The Morgan fingerprint density at radius 2 is 2.14 bits per heavy atom. The van der Waals surface area contributed by atoms with Crippen molar-refractivity contribution in [3.05, 3.63) is 45.4 Å². The highest BCUT2D eigenvalue weighted by Crippen LogP contribution is 2.19.